The van der Waals surface area contributed by atoms with Crippen LogP contribution in [0.25, 0.3) is 0 Å². The van der Waals surface area contributed by atoms with Crippen molar-refractivity contribution in [3.63, 3.8) is 0 Å². The van der Waals surface area contributed by atoms with E-state index < -0.39 is 0 Å². The fourth-order valence-electron chi connectivity index (χ4n) is 2.54. The van der Waals surface area contributed by atoms with Crippen LogP contribution in [0.1, 0.15) is 49.1 Å². The Hall–Kier alpha value is -1.40. The van der Waals surface area contributed by atoms with E-state index in [1.807, 2.05) is 13.0 Å². The average molecular weight is 215 g/mol. The number of hydrogen-bond donors (Lipinski definition) is 0. The van der Waals surface area contributed by atoms with E-state index in [9.17, 15) is 4.79 Å². The van der Waals surface area contributed by atoms with Crippen LogP contribution < -0.4 is 0 Å². The molecule has 0 aliphatic heterocycles. The van der Waals surface area contributed by atoms with Gasteiger partial charge >= 0.3 is 0 Å². The molecule has 0 aromatic heterocycles. The normalized spacial score (nSPS) is 16.8. The molecule has 1 aromatic rings. The molecule has 0 atom stereocenters. The van der Waals surface area contributed by atoms with Crippen molar-refractivity contribution in [2.24, 2.45) is 4.99 Å². The molecule has 0 amide bonds. The number of rotatable bonds is 2. The number of benzene rings is 1. The van der Waals surface area contributed by atoms with Crippen molar-refractivity contribution >= 4 is 11.8 Å². The zero-order valence-electron chi connectivity index (χ0n) is 9.70. The Kier molecular flexibility index (Phi) is 3.53. The summed E-state index contributed by atoms with van der Waals surface area (Å²) in [6.07, 6.45) is 8.27. The van der Waals surface area contributed by atoms with Gasteiger partial charge in [0.05, 0.1) is 5.69 Å². The largest absolute Gasteiger partial charge is 0.240 e. The summed E-state index contributed by atoms with van der Waals surface area (Å²) >= 11 is 0. The van der Waals surface area contributed by atoms with Gasteiger partial charge in [-0.1, -0.05) is 31.4 Å². The first-order valence-electron chi connectivity index (χ1n) is 5.99. The first kappa shape index (κ1) is 11.1. The summed E-state index contributed by atoms with van der Waals surface area (Å²) in [7, 11) is 0. The number of isocyanates is 1. The Morgan fingerprint density at radius 1 is 1.25 bits per heavy atom. The third-order valence-electron chi connectivity index (χ3n) is 3.46. The van der Waals surface area contributed by atoms with Gasteiger partial charge in [-0.05, 0) is 42.9 Å². The van der Waals surface area contributed by atoms with E-state index in [0.29, 0.717) is 5.92 Å². The molecule has 1 saturated carbocycles. The Labute approximate surface area is 96.4 Å². The summed E-state index contributed by atoms with van der Waals surface area (Å²) < 4.78 is 0. The molecule has 0 heterocycles. The average Bonchev–Trinajstić information content (AvgIpc) is 2.33. The fraction of sp³-hybridized carbons (Fsp3) is 0.500. The third kappa shape index (κ3) is 2.40. The third-order valence-corrected chi connectivity index (χ3v) is 3.46. The van der Waals surface area contributed by atoms with E-state index in [4.69, 9.17) is 0 Å². The van der Waals surface area contributed by atoms with Gasteiger partial charge < -0.3 is 0 Å². The van der Waals surface area contributed by atoms with Crippen LogP contribution in [0, 0.1) is 6.92 Å². The van der Waals surface area contributed by atoms with Crippen molar-refractivity contribution in [2.75, 3.05) is 0 Å². The molecule has 1 aliphatic carbocycles. The van der Waals surface area contributed by atoms with Crippen molar-refractivity contribution in [1.29, 1.82) is 0 Å². The van der Waals surface area contributed by atoms with Gasteiger partial charge in [0.2, 0.25) is 6.08 Å². The zero-order valence-corrected chi connectivity index (χ0v) is 9.70. The Morgan fingerprint density at radius 3 is 2.62 bits per heavy atom. The second-order valence-corrected chi connectivity index (χ2v) is 4.58. The zero-order chi connectivity index (χ0) is 11.4. The van der Waals surface area contributed by atoms with Crippen LogP contribution in [0.5, 0.6) is 0 Å². The molecule has 2 rings (SSSR count). The van der Waals surface area contributed by atoms with Gasteiger partial charge in [0.15, 0.2) is 0 Å². The van der Waals surface area contributed by atoms with Crippen LogP contribution in [0.3, 0.4) is 0 Å². The lowest BCUT2D eigenvalue weighted by Crippen LogP contribution is -2.04. The predicted octanol–water partition coefficient (Wildman–Crippen LogP) is 4.01. The van der Waals surface area contributed by atoms with E-state index in [-0.39, 0.29) is 0 Å². The van der Waals surface area contributed by atoms with E-state index >= 15 is 0 Å². The maximum Gasteiger partial charge on any atom is 0.240 e. The summed E-state index contributed by atoms with van der Waals surface area (Å²) in [5.41, 5.74) is 3.23. The van der Waals surface area contributed by atoms with Crippen LogP contribution in [0.4, 0.5) is 5.69 Å². The van der Waals surface area contributed by atoms with Crippen LogP contribution in [0.15, 0.2) is 23.2 Å². The highest BCUT2D eigenvalue weighted by molar-refractivity contribution is 5.54. The molecule has 2 nitrogen and oxygen atoms in total. The van der Waals surface area contributed by atoms with E-state index in [2.05, 4.69) is 17.1 Å². The molecule has 2 heteroatoms. The summed E-state index contributed by atoms with van der Waals surface area (Å²) in [4.78, 5) is 13.9. The maximum absolute atomic E-state index is 10.2. The van der Waals surface area contributed by atoms with Gasteiger partial charge in [-0.25, -0.2) is 4.79 Å². The molecule has 0 saturated heterocycles. The summed E-state index contributed by atoms with van der Waals surface area (Å²) in [5, 5.41) is 0. The number of nitrogens with zero attached hydrogens (tertiary/aromatic N) is 1. The van der Waals surface area contributed by atoms with Crippen molar-refractivity contribution < 1.29 is 4.79 Å². The Balaban J connectivity index is 2.22. The molecule has 16 heavy (non-hydrogen) atoms. The predicted molar refractivity (Wildman–Crippen MR) is 64.8 cm³/mol. The minimum absolute atomic E-state index is 0.710. The molecule has 84 valence electrons. The summed E-state index contributed by atoms with van der Waals surface area (Å²) in [6.45, 7) is 2.00. The van der Waals surface area contributed by atoms with Crippen molar-refractivity contribution in [3.8, 4) is 0 Å². The number of aryl methyl sites for hydroxylation is 1. The quantitative estimate of drug-likeness (QED) is 0.541. The lowest BCUT2D eigenvalue weighted by Gasteiger charge is -2.22. The van der Waals surface area contributed by atoms with Gasteiger partial charge in [0, 0.05) is 0 Å². The first-order valence-corrected chi connectivity index (χ1v) is 5.99. The molecule has 0 unspecified atom stereocenters. The van der Waals surface area contributed by atoms with E-state index in [1.165, 1.54) is 37.7 Å². The SMILES string of the molecule is Cc1cc(C2CCCCC2)ccc1N=C=O. The Morgan fingerprint density at radius 2 is 2.00 bits per heavy atom. The lowest BCUT2D eigenvalue weighted by atomic mass is 9.83. The molecular formula is C14H17NO. The van der Waals surface area contributed by atoms with Gasteiger partial charge in [0.1, 0.15) is 0 Å². The lowest BCUT2D eigenvalue weighted by molar-refractivity contribution is 0.443. The molecule has 1 aliphatic rings. The van der Waals surface area contributed by atoms with Crippen LogP contribution in [0.2, 0.25) is 0 Å². The van der Waals surface area contributed by atoms with Crippen molar-refractivity contribution in [2.45, 2.75) is 44.9 Å². The molecule has 0 N–H and O–H groups in total. The van der Waals surface area contributed by atoms with Gasteiger partial charge in [-0.15, -0.1) is 0 Å². The Bertz CT molecular complexity index is 413. The maximum atomic E-state index is 10.2. The van der Waals surface area contributed by atoms with Gasteiger partial charge in [0.25, 0.3) is 0 Å². The molecule has 1 aromatic carbocycles. The minimum atomic E-state index is 0.710. The van der Waals surface area contributed by atoms with Crippen LogP contribution in [-0.4, -0.2) is 6.08 Å². The van der Waals surface area contributed by atoms with E-state index in [0.717, 1.165) is 11.3 Å². The highest BCUT2D eigenvalue weighted by Gasteiger charge is 2.15. The van der Waals surface area contributed by atoms with Gasteiger partial charge in [-0.2, -0.15) is 4.99 Å². The van der Waals surface area contributed by atoms with Crippen molar-refractivity contribution in [3.05, 3.63) is 29.3 Å². The van der Waals surface area contributed by atoms with Gasteiger partial charge in [-0.3, -0.25) is 0 Å². The van der Waals surface area contributed by atoms with Crippen LogP contribution in [-0.2, 0) is 4.79 Å². The molecule has 1 fully saturated rings. The van der Waals surface area contributed by atoms with E-state index in [1.54, 1.807) is 6.08 Å². The second kappa shape index (κ2) is 5.09. The first-order chi connectivity index (χ1) is 7.81. The highest BCUT2D eigenvalue weighted by atomic mass is 16.1. The standard InChI is InChI=1S/C14H17NO/c1-11-9-13(7-8-14(11)15-10-16)12-5-3-2-4-6-12/h7-9,12H,2-6H2,1H3. The summed E-state index contributed by atoms with van der Waals surface area (Å²) in [6, 6.07) is 6.22. The molecule has 0 spiro atoms. The topological polar surface area (TPSA) is 29.4 Å². The monoisotopic (exact) mass is 215 g/mol. The number of hydrogen-bond acceptors (Lipinski definition) is 2. The number of aliphatic imine (C=N–C) groups is 1. The molecule has 0 radical (unpaired) electrons. The fourth-order valence-corrected chi connectivity index (χ4v) is 2.54. The highest BCUT2D eigenvalue weighted by Crippen LogP contribution is 2.34. The minimum Gasteiger partial charge on any atom is -0.211 e. The molecular weight excluding hydrogens is 198 g/mol. The van der Waals surface area contributed by atoms with Crippen molar-refractivity contribution in [1.82, 2.24) is 0 Å². The second-order valence-electron chi connectivity index (χ2n) is 4.58. The number of carbonyl (C=O) groups excluding carboxylic acids is 1. The smallest absolute Gasteiger partial charge is 0.211 e. The van der Waals surface area contributed by atoms with Crippen LogP contribution >= 0.6 is 0 Å². The molecule has 0 bridgehead atoms. The summed E-state index contributed by atoms with van der Waals surface area (Å²) in [5.74, 6) is 0.710.